The predicted molar refractivity (Wildman–Crippen MR) is 106 cm³/mol. The Labute approximate surface area is 161 Å². The maximum Gasteiger partial charge on any atom is 0.169 e. The van der Waals surface area contributed by atoms with E-state index in [1.165, 1.54) is 12.2 Å². The molecule has 0 spiro atoms. The van der Waals surface area contributed by atoms with E-state index in [0.29, 0.717) is 11.1 Å². The Morgan fingerprint density at radius 3 is 1.04 bits per heavy atom. The molecule has 3 aromatic carbocycles. The Hall–Kier alpha value is -3.14. The smallest absolute Gasteiger partial charge is 0.169 e. The van der Waals surface area contributed by atoms with Gasteiger partial charge >= 0.3 is 0 Å². The van der Waals surface area contributed by atoms with Crippen molar-refractivity contribution in [3.8, 4) is 0 Å². The molecule has 0 radical (unpaired) electrons. The molecule has 0 aliphatic carbocycles. The summed E-state index contributed by atoms with van der Waals surface area (Å²) in [6, 6.07) is 14.3. The highest BCUT2D eigenvalue weighted by atomic mass is 19.2. The molecule has 0 atom stereocenters. The highest BCUT2D eigenvalue weighted by molar-refractivity contribution is 5.74. The van der Waals surface area contributed by atoms with E-state index in [-0.39, 0.29) is 0 Å². The normalized spacial score (nSPS) is 11.6. The van der Waals surface area contributed by atoms with Gasteiger partial charge in [0.2, 0.25) is 0 Å². The van der Waals surface area contributed by atoms with Crippen molar-refractivity contribution < 1.29 is 17.6 Å². The van der Waals surface area contributed by atoms with Gasteiger partial charge < -0.3 is 0 Å². The van der Waals surface area contributed by atoms with Crippen molar-refractivity contribution in [3.05, 3.63) is 105 Å². The summed E-state index contributed by atoms with van der Waals surface area (Å²) in [5.41, 5.74) is 1.88. The van der Waals surface area contributed by atoms with Gasteiger partial charge in [0.25, 0.3) is 0 Å². The lowest BCUT2D eigenvalue weighted by molar-refractivity contribution is 0.448. The van der Waals surface area contributed by atoms with Crippen molar-refractivity contribution in [1.82, 2.24) is 0 Å². The number of rotatable bonds is 4. The van der Waals surface area contributed by atoms with E-state index in [1.54, 1.807) is 24.3 Å². The first kappa shape index (κ1) is 19.6. The van der Waals surface area contributed by atoms with Crippen LogP contribution in [0.2, 0.25) is 0 Å². The lowest BCUT2D eigenvalue weighted by Crippen LogP contribution is -2.03. The Morgan fingerprint density at radius 1 is 0.464 bits per heavy atom. The average molecular weight is 382 g/mol. The van der Waals surface area contributed by atoms with Gasteiger partial charge in [-0.25, -0.2) is 17.6 Å². The van der Waals surface area contributed by atoms with Crippen LogP contribution in [-0.2, 0) is 0 Å². The molecule has 0 amide bonds. The number of hydrogen-bond donors (Lipinski definition) is 0. The van der Waals surface area contributed by atoms with Crippen LogP contribution in [0.25, 0.3) is 24.3 Å². The minimum atomic E-state index is -1.43. The molecule has 0 heterocycles. The number of halogens is 4. The standard InChI is InChI=1S/C24H18F4/c1-15-3-7-17(8-4-15)11-13-19-21(25)23(27)20(24(28)22(19)26)14-12-18-9-5-16(2)6-10-18/h3-14H,1-2H3. The average Bonchev–Trinajstić information content (AvgIpc) is 2.69. The molecule has 4 heteroatoms. The monoisotopic (exact) mass is 382 g/mol. The Morgan fingerprint density at radius 2 is 0.750 bits per heavy atom. The summed E-state index contributed by atoms with van der Waals surface area (Å²) in [6.07, 6.45) is 4.88. The Bertz CT molecular complexity index is 928. The fraction of sp³-hybridized carbons (Fsp3) is 0.0833. The van der Waals surface area contributed by atoms with Crippen LogP contribution in [0.4, 0.5) is 17.6 Å². The molecular formula is C24H18F4. The van der Waals surface area contributed by atoms with Crippen molar-refractivity contribution in [1.29, 1.82) is 0 Å². The third-order valence-electron chi connectivity index (χ3n) is 4.37. The van der Waals surface area contributed by atoms with Crippen LogP contribution in [0.3, 0.4) is 0 Å². The van der Waals surface area contributed by atoms with E-state index in [4.69, 9.17) is 0 Å². The molecule has 0 saturated carbocycles. The zero-order chi connectivity index (χ0) is 20.3. The van der Waals surface area contributed by atoms with E-state index in [0.717, 1.165) is 23.3 Å². The predicted octanol–water partition coefficient (Wildman–Crippen LogP) is 7.20. The fourth-order valence-corrected chi connectivity index (χ4v) is 2.67. The van der Waals surface area contributed by atoms with Gasteiger partial charge in [-0.15, -0.1) is 0 Å². The van der Waals surface area contributed by atoms with E-state index >= 15 is 0 Å². The fourth-order valence-electron chi connectivity index (χ4n) is 2.67. The summed E-state index contributed by atoms with van der Waals surface area (Å²) in [7, 11) is 0. The van der Waals surface area contributed by atoms with Gasteiger partial charge in [-0.2, -0.15) is 0 Å². The lowest BCUT2D eigenvalue weighted by atomic mass is 10.0. The van der Waals surface area contributed by atoms with Crippen LogP contribution in [0.5, 0.6) is 0 Å². The molecule has 0 aliphatic heterocycles. The van der Waals surface area contributed by atoms with E-state index in [2.05, 4.69) is 0 Å². The molecule has 0 saturated heterocycles. The lowest BCUT2D eigenvalue weighted by Gasteiger charge is -2.07. The third-order valence-corrected chi connectivity index (χ3v) is 4.37. The quantitative estimate of drug-likeness (QED) is 0.254. The van der Waals surface area contributed by atoms with Crippen LogP contribution in [0.15, 0.2) is 48.5 Å². The van der Waals surface area contributed by atoms with Crippen molar-refractivity contribution >= 4 is 24.3 Å². The van der Waals surface area contributed by atoms with Crippen LogP contribution in [0, 0.1) is 37.1 Å². The van der Waals surface area contributed by atoms with Crippen molar-refractivity contribution in [2.75, 3.05) is 0 Å². The Kier molecular flexibility index (Phi) is 5.78. The maximum absolute atomic E-state index is 14.4. The first-order valence-electron chi connectivity index (χ1n) is 8.72. The molecule has 0 nitrogen and oxygen atoms in total. The zero-order valence-corrected chi connectivity index (χ0v) is 15.4. The largest absolute Gasteiger partial charge is 0.203 e. The second-order valence-corrected chi connectivity index (χ2v) is 6.57. The number of benzene rings is 3. The van der Waals surface area contributed by atoms with Crippen LogP contribution in [-0.4, -0.2) is 0 Å². The molecule has 0 N–H and O–H groups in total. The second kappa shape index (κ2) is 8.26. The second-order valence-electron chi connectivity index (χ2n) is 6.57. The zero-order valence-electron chi connectivity index (χ0n) is 15.4. The third kappa shape index (κ3) is 4.22. The summed E-state index contributed by atoms with van der Waals surface area (Å²) < 4.78 is 57.5. The van der Waals surface area contributed by atoms with Gasteiger partial charge in [0.15, 0.2) is 23.3 Å². The van der Waals surface area contributed by atoms with Crippen LogP contribution >= 0.6 is 0 Å². The summed E-state index contributed by atoms with van der Waals surface area (Å²) in [6.45, 7) is 3.81. The van der Waals surface area contributed by atoms with Crippen molar-refractivity contribution in [2.24, 2.45) is 0 Å². The van der Waals surface area contributed by atoms with Crippen molar-refractivity contribution in [2.45, 2.75) is 13.8 Å². The highest BCUT2D eigenvalue weighted by Crippen LogP contribution is 2.27. The molecular weight excluding hydrogens is 364 g/mol. The minimum absolute atomic E-state index is 0.661. The van der Waals surface area contributed by atoms with Gasteiger partial charge in [-0.3, -0.25) is 0 Å². The molecule has 0 aromatic heterocycles. The van der Waals surface area contributed by atoms with E-state index in [1.807, 2.05) is 38.1 Å². The van der Waals surface area contributed by atoms with E-state index in [9.17, 15) is 17.6 Å². The molecule has 0 bridgehead atoms. The molecule has 0 unspecified atom stereocenters. The molecule has 0 fully saturated rings. The topological polar surface area (TPSA) is 0 Å². The minimum Gasteiger partial charge on any atom is -0.203 e. The van der Waals surface area contributed by atoms with Gasteiger partial charge in [0.05, 0.1) is 11.1 Å². The highest BCUT2D eigenvalue weighted by Gasteiger charge is 2.22. The summed E-state index contributed by atoms with van der Waals surface area (Å²) in [5, 5.41) is 0. The number of hydrogen-bond acceptors (Lipinski definition) is 0. The van der Waals surface area contributed by atoms with Crippen molar-refractivity contribution in [3.63, 3.8) is 0 Å². The van der Waals surface area contributed by atoms with Crippen LogP contribution < -0.4 is 0 Å². The molecule has 0 aliphatic rings. The first-order chi connectivity index (χ1) is 13.4. The molecule has 3 aromatic rings. The molecule has 142 valence electrons. The molecule has 3 rings (SSSR count). The summed E-state index contributed by atoms with van der Waals surface area (Å²) in [5.74, 6) is -5.70. The van der Waals surface area contributed by atoms with Gasteiger partial charge in [0.1, 0.15) is 0 Å². The van der Waals surface area contributed by atoms with E-state index < -0.39 is 34.4 Å². The number of aryl methyl sites for hydroxylation is 2. The van der Waals surface area contributed by atoms with Crippen LogP contribution in [0.1, 0.15) is 33.4 Å². The summed E-state index contributed by atoms with van der Waals surface area (Å²) in [4.78, 5) is 0. The first-order valence-corrected chi connectivity index (χ1v) is 8.72. The molecule has 28 heavy (non-hydrogen) atoms. The SMILES string of the molecule is Cc1ccc(C=Cc2c(F)c(F)c(C=Cc3ccc(C)cc3)c(F)c2F)cc1. The van der Waals surface area contributed by atoms with Gasteiger partial charge in [0, 0.05) is 0 Å². The van der Waals surface area contributed by atoms with Gasteiger partial charge in [-0.05, 0) is 37.1 Å². The maximum atomic E-state index is 14.4. The summed E-state index contributed by atoms with van der Waals surface area (Å²) >= 11 is 0. The Balaban J connectivity index is 1.96. The van der Waals surface area contributed by atoms with Gasteiger partial charge in [-0.1, -0.05) is 71.8 Å².